The molecule has 1 unspecified atom stereocenters. The molecule has 1 rings (SSSR count). The van der Waals surface area contributed by atoms with Gasteiger partial charge >= 0.3 is 0 Å². The van der Waals surface area contributed by atoms with Crippen LogP contribution in [0, 0.1) is 11.6 Å². The van der Waals surface area contributed by atoms with Crippen molar-refractivity contribution >= 4 is 0 Å². The minimum absolute atomic E-state index is 0.400. The molecule has 0 radical (unpaired) electrons. The lowest BCUT2D eigenvalue weighted by molar-refractivity contribution is 0.112. The third kappa shape index (κ3) is 6.95. The van der Waals surface area contributed by atoms with Gasteiger partial charge in [0.2, 0.25) is 0 Å². The lowest BCUT2D eigenvalue weighted by atomic mass is 10.0. The van der Waals surface area contributed by atoms with Crippen molar-refractivity contribution in [2.45, 2.75) is 12.5 Å². The Morgan fingerprint density at radius 2 is 1.52 bits per heavy atom. The predicted molar refractivity (Wildman–Crippen MR) is 78.1 cm³/mol. The molecule has 21 heavy (non-hydrogen) atoms. The first kappa shape index (κ1) is 18.0. The molecule has 0 saturated carbocycles. The molecule has 1 aromatic rings. The van der Waals surface area contributed by atoms with Crippen LogP contribution in [0.25, 0.3) is 0 Å². The summed E-state index contributed by atoms with van der Waals surface area (Å²) in [6.45, 7) is 3.49. The predicted octanol–water partition coefficient (Wildman–Crippen LogP) is 1.95. The Balaban J connectivity index is 2.52. The summed E-state index contributed by atoms with van der Waals surface area (Å²) in [5.41, 5.74) is 6.49. The van der Waals surface area contributed by atoms with Gasteiger partial charge < -0.3 is 15.2 Å². The highest BCUT2D eigenvalue weighted by Gasteiger charge is 2.12. The molecule has 0 spiro atoms. The quantitative estimate of drug-likeness (QED) is 0.717. The van der Waals surface area contributed by atoms with Crippen LogP contribution in [0.5, 0.6) is 0 Å². The summed E-state index contributed by atoms with van der Waals surface area (Å²) in [6, 6.07) is 3.01. The fourth-order valence-corrected chi connectivity index (χ4v) is 2.05. The van der Waals surface area contributed by atoms with E-state index in [1.54, 1.807) is 14.2 Å². The number of halogens is 2. The van der Waals surface area contributed by atoms with E-state index >= 15 is 0 Å². The van der Waals surface area contributed by atoms with E-state index in [1.165, 1.54) is 12.1 Å². The number of nitrogens with zero attached hydrogens (tertiary/aromatic N) is 1. The van der Waals surface area contributed by atoms with Gasteiger partial charge in [-0.15, -0.1) is 0 Å². The summed E-state index contributed by atoms with van der Waals surface area (Å²) in [7, 11) is 3.30. The van der Waals surface area contributed by atoms with Crippen LogP contribution in [-0.4, -0.2) is 52.0 Å². The van der Waals surface area contributed by atoms with Gasteiger partial charge in [-0.1, -0.05) is 0 Å². The van der Waals surface area contributed by atoms with Gasteiger partial charge in [-0.25, -0.2) is 8.78 Å². The molecule has 0 aliphatic heterocycles. The lowest BCUT2D eigenvalue weighted by Gasteiger charge is -2.23. The first-order valence-corrected chi connectivity index (χ1v) is 6.98. The topological polar surface area (TPSA) is 47.7 Å². The van der Waals surface area contributed by atoms with Crippen LogP contribution in [-0.2, 0) is 9.47 Å². The van der Waals surface area contributed by atoms with E-state index in [0.29, 0.717) is 31.7 Å². The van der Waals surface area contributed by atoms with Gasteiger partial charge in [0, 0.05) is 46.0 Å². The standard InChI is InChI=1S/C15H24F2N2O2/c1-20-7-5-19(6-8-21-2)4-3-15(18)12-9-13(16)11-14(17)10-12/h9-11,15H,3-8,18H2,1-2H3. The summed E-state index contributed by atoms with van der Waals surface area (Å²) in [4.78, 5) is 2.16. The van der Waals surface area contributed by atoms with Gasteiger partial charge in [0.1, 0.15) is 11.6 Å². The summed E-state index contributed by atoms with van der Waals surface area (Å²) in [5, 5.41) is 0. The Bertz CT molecular complexity index is 390. The Morgan fingerprint density at radius 3 is 2.00 bits per heavy atom. The molecule has 0 aliphatic carbocycles. The molecule has 0 aromatic heterocycles. The molecule has 0 fully saturated rings. The fourth-order valence-electron chi connectivity index (χ4n) is 2.05. The second-order valence-electron chi connectivity index (χ2n) is 4.93. The molecule has 1 aromatic carbocycles. The highest BCUT2D eigenvalue weighted by molar-refractivity contribution is 5.21. The summed E-state index contributed by atoms with van der Waals surface area (Å²) in [6.07, 6.45) is 0.607. The molecular weight excluding hydrogens is 278 g/mol. The molecule has 120 valence electrons. The zero-order chi connectivity index (χ0) is 15.7. The number of benzene rings is 1. The number of hydrogen-bond donors (Lipinski definition) is 1. The van der Waals surface area contributed by atoms with E-state index in [-0.39, 0.29) is 0 Å². The zero-order valence-electron chi connectivity index (χ0n) is 12.6. The van der Waals surface area contributed by atoms with Crippen molar-refractivity contribution in [1.29, 1.82) is 0 Å². The molecule has 0 heterocycles. The average Bonchev–Trinajstić information content (AvgIpc) is 2.45. The van der Waals surface area contributed by atoms with E-state index in [2.05, 4.69) is 4.90 Å². The maximum atomic E-state index is 13.2. The van der Waals surface area contributed by atoms with Crippen LogP contribution in [0.15, 0.2) is 18.2 Å². The van der Waals surface area contributed by atoms with Crippen molar-refractivity contribution in [3.63, 3.8) is 0 Å². The first-order chi connectivity index (χ1) is 10.1. The lowest BCUT2D eigenvalue weighted by Crippen LogP contribution is -2.33. The number of ether oxygens (including phenoxy) is 2. The van der Waals surface area contributed by atoms with Crippen molar-refractivity contribution in [1.82, 2.24) is 4.90 Å². The minimum Gasteiger partial charge on any atom is -0.383 e. The van der Waals surface area contributed by atoms with Gasteiger partial charge in [0.25, 0.3) is 0 Å². The van der Waals surface area contributed by atoms with E-state index in [4.69, 9.17) is 15.2 Å². The summed E-state index contributed by atoms with van der Waals surface area (Å²) in [5.74, 6) is -1.20. The molecule has 1 atom stereocenters. The van der Waals surface area contributed by atoms with Crippen LogP contribution >= 0.6 is 0 Å². The molecule has 0 bridgehead atoms. The van der Waals surface area contributed by atoms with Gasteiger partial charge in [-0.2, -0.15) is 0 Å². The zero-order valence-corrected chi connectivity index (χ0v) is 12.6. The highest BCUT2D eigenvalue weighted by atomic mass is 19.1. The van der Waals surface area contributed by atoms with E-state index in [9.17, 15) is 8.78 Å². The van der Waals surface area contributed by atoms with E-state index in [1.807, 2.05) is 0 Å². The molecule has 4 nitrogen and oxygen atoms in total. The summed E-state index contributed by atoms with van der Waals surface area (Å²) < 4.78 is 36.5. The third-order valence-electron chi connectivity index (χ3n) is 3.29. The molecule has 2 N–H and O–H groups in total. The highest BCUT2D eigenvalue weighted by Crippen LogP contribution is 2.17. The SMILES string of the molecule is COCCN(CCOC)CCC(N)c1cc(F)cc(F)c1. The second kappa shape index (κ2) is 9.78. The minimum atomic E-state index is -0.601. The Kier molecular flexibility index (Phi) is 8.37. The van der Waals surface area contributed by atoms with Crippen LogP contribution < -0.4 is 5.73 Å². The first-order valence-electron chi connectivity index (χ1n) is 6.98. The Labute approximate surface area is 124 Å². The number of rotatable bonds is 10. The largest absolute Gasteiger partial charge is 0.383 e. The maximum absolute atomic E-state index is 13.2. The number of methoxy groups -OCH3 is 2. The van der Waals surface area contributed by atoms with Crippen molar-refractivity contribution in [3.05, 3.63) is 35.4 Å². The Morgan fingerprint density at radius 1 is 1.00 bits per heavy atom. The molecular formula is C15H24F2N2O2. The molecule has 6 heteroatoms. The van der Waals surface area contributed by atoms with Gasteiger partial charge in [-0.3, -0.25) is 4.90 Å². The van der Waals surface area contributed by atoms with E-state index < -0.39 is 17.7 Å². The Hall–Kier alpha value is -1.08. The second-order valence-corrected chi connectivity index (χ2v) is 4.93. The molecule has 0 aliphatic rings. The summed E-state index contributed by atoms with van der Waals surface area (Å²) >= 11 is 0. The van der Waals surface area contributed by atoms with Crippen molar-refractivity contribution < 1.29 is 18.3 Å². The number of nitrogens with two attached hydrogens (primary N) is 1. The smallest absolute Gasteiger partial charge is 0.126 e. The van der Waals surface area contributed by atoms with E-state index in [0.717, 1.165) is 19.2 Å². The normalized spacial score (nSPS) is 12.9. The number of hydrogen-bond acceptors (Lipinski definition) is 4. The van der Waals surface area contributed by atoms with Crippen molar-refractivity contribution in [2.75, 3.05) is 47.1 Å². The molecule has 0 saturated heterocycles. The fraction of sp³-hybridized carbons (Fsp3) is 0.600. The molecule has 0 amide bonds. The van der Waals surface area contributed by atoms with Gasteiger partial charge in [-0.05, 0) is 24.1 Å². The third-order valence-corrected chi connectivity index (χ3v) is 3.29. The maximum Gasteiger partial charge on any atom is 0.126 e. The van der Waals surface area contributed by atoms with Crippen LogP contribution in [0.2, 0.25) is 0 Å². The van der Waals surface area contributed by atoms with Crippen molar-refractivity contribution in [2.24, 2.45) is 5.73 Å². The average molecular weight is 302 g/mol. The van der Waals surface area contributed by atoms with Crippen LogP contribution in [0.4, 0.5) is 8.78 Å². The monoisotopic (exact) mass is 302 g/mol. The van der Waals surface area contributed by atoms with Crippen molar-refractivity contribution in [3.8, 4) is 0 Å². The van der Waals surface area contributed by atoms with Crippen LogP contribution in [0.3, 0.4) is 0 Å². The van der Waals surface area contributed by atoms with Gasteiger partial charge in [0.05, 0.1) is 13.2 Å². The van der Waals surface area contributed by atoms with Gasteiger partial charge in [0.15, 0.2) is 0 Å². The van der Waals surface area contributed by atoms with Crippen LogP contribution in [0.1, 0.15) is 18.0 Å².